The molecule has 0 saturated heterocycles. The first-order chi connectivity index (χ1) is 9.02. The lowest BCUT2D eigenvalue weighted by Crippen LogP contribution is -2.24. The lowest BCUT2D eigenvalue weighted by atomic mass is 10.1. The second-order valence-corrected chi connectivity index (χ2v) is 4.32. The second-order valence-electron chi connectivity index (χ2n) is 4.32. The summed E-state index contributed by atoms with van der Waals surface area (Å²) in [5.74, 6) is -1.02. The first-order valence-electron chi connectivity index (χ1n) is 6.56. The molecule has 0 aliphatic heterocycles. The highest BCUT2D eigenvalue weighted by Gasteiger charge is 2.03. The summed E-state index contributed by atoms with van der Waals surface area (Å²) in [4.78, 5) is 25.3. The Morgan fingerprint density at radius 2 is 1.63 bits per heavy atom. The molecule has 0 heterocycles. The predicted molar refractivity (Wildman–Crippen MR) is 73.6 cm³/mol. The summed E-state index contributed by atoms with van der Waals surface area (Å²) in [6.45, 7) is 1.26. The molecular formula is C12H24N4O3. The Morgan fingerprint density at radius 3 is 2.26 bits per heavy atom. The Balaban J connectivity index is 3.24. The van der Waals surface area contributed by atoms with Gasteiger partial charge in [0, 0.05) is 19.5 Å². The third-order valence-corrected chi connectivity index (χ3v) is 2.52. The molecule has 0 aliphatic carbocycles. The number of rotatable bonds is 11. The van der Waals surface area contributed by atoms with Gasteiger partial charge in [0.15, 0.2) is 5.96 Å². The number of amides is 1. The van der Waals surface area contributed by atoms with Gasteiger partial charge in [-0.3, -0.25) is 14.6 Å². The average molecular weight is 272 g/mol. The Morgan fingerprint density at radius 1 is 1.00 bits per heavy atom. The van der Waals surface area contributed by atoms with Crippen molar-refractivity contribution in [2.24, 2.45) is 16.5 Å². The van der Waals surface area contributed by atoms with Gasteiger partial charge in [0.1, 0.15) is 0 Å². The van der Waals surface area contributed by atoms with Gasteiger partial charge in [-0.15, -0.1) is 0 Å². The minimum Gasteiger partial charge on any atom is -0.481 e. The summed E-state index contributed by atoms with van der Waals surface area (Å²) < 4.78 is 0. The van der Waals surface area contributed by atoms with E-state index in [-0.39, 0.29) is 24.7 Å². The molecule has 0 aliphatic rings. The highest BCUT2D eigenvalue weighted by atomic mass is 16.4. The molecule has 0 saturated carbocycles. The highest BCUT2D eigenvalue weighted by molar-refractivity contribution is 5.80. The van der Waals surface area contributed by atoms with Gasteiger partial charge >= 0.3 is 5.97 Å². The van der Waals surface area contributed by atoms with Crippen LogP contribution in [-0.4, -0.2) is 36.0 Å². The van der Waals surface area contributed by atoms with Crippen LogP contribution in [-0.2, 0) is 9.59 Å². The van der Waals surface area contributed by atoms with Crippen LogP contribution in [0.2, 0.25) is 0 Å². The fraction of sp³-hybridized carbons (Fsp3) is 0.750. The molecular weight excluding hydrogens is 248 g/mol. The van der Waals surface area contributed by atoms with Crippen LogP contribution in [0.25, 0.3) is 0 Å². The molecule has 0 fully saturated rings. The van der Waals surface area contributed by atoms with E-state index in [1.165, 1.54) is 0 Å². The van der Waals surface area contributed by atoms with E-state index < -0.39 is 5.97 Å². The molecule has 6 N–H and O–H groups in total. The number of nitrogens with zero attached hydrogens (tertiary/aromatic N) is 1. The maximum absolute atomic E-state index is 11.2. The van der Waals surface area contributed by atoms with Crippen molar-refractivity contribution < 1.29 is 14.7 Å². The van der Waals surface area contributed by atoms with Gasteiger partial charge in [0.05, 0.1) is 6.42 Å². The molecule has 0 bridgehead atoms. The van der Waals surface area contributed by atoms with Crippen LogP contribution in [0.1, 0.15) is 44.9 Å². The number of aliphatic imine (C=N–C) groups is 1. The summed E-state index contributed by atoms with van der Waals surface area (Å²) in [7, 11) is 0. The quantitative estimate of drug-likeness (QED) is 0.242. The zero-order chi connectivity index (χ0) is 14.5. The molecule has 7 nitrogen and oxygen atoms in total. The number of unbranched alkanes of at least 4 members (excludes halogenated alkanes) is 4. The van der Waals surface area contributed by atoms with Crippen molar-refractivity contribution in [2.75, 3.05) is 13.1 Å². The molecule has 0 aromatic heterocycles. The van der Waals surface area contributed by atoms with Crippen molar-refractivity contribution in [2.45, 2.75) is 44.9 Å². The smallest absolute Gasteiger partial charge is 0.303 e. The maximum atomic E-state index is 11.2. The second kappa shape index (κ2) is 11.3. The SMILES string of the molecule is NC(N)=NCCCCCCCNC(=O)CCC(=O)O. The van der Waals surface area contributed by atoms with E-state index in [9.17, 15) is 9.59 Å². The third-order valence-electron chi connectivity index (χ3n) is 2.52. The van der Waals surface area contributed by atoms with Gasteiger partial charge < -0.3 is 21.9 Å². The average Bonchev–Trinajstić information content (AvgIpc) is 2.34. The molecule has 0 spiro atoms. The Kier molecular flexibility index (Phi) is 10.2. The number of carbonyl (C=O) groups excluding carboxylic acids is 1. The number of nitrogens with one attached hydrogen (secondary N) is 1. The van der Waals surface area contributed by atoms with Crippen LogP contribution >= 0.6 is 0 Å². The van der Waals surface area contributed by atoms with Crippen LogP contribution in [0.3, 0.4) is 0 Å². The molecule has 0 rings (SSSR count). The monoisotopic (exact) mass is 272 g/mol. The van der Waals surface area contributed by atoms with Crippen molar-refractivity contribution in [3.8, 4) is 0 Å². The van der Waals surface area contributed by atoms with E-state index in [2.05, 4.69) is 10.3 Å². The predicted octanol–water partition coefficient (Wildman–Crippen LogP) is 0.191. The number of hydrogen-bond acceptors (Lipinski definition) is 3. The van der Waals surface area contributed by atoms with E-state index in [0.29, 0.717) is 13.1 Å². The Hall–Kier alpha value is -1.79. The number of guanidine groups is 1. The minimum absolute atomic E-state index is 0.0495. The molecule has 0 radical (unpaired) electrons. The fourth-order valence-electron chi connectivity index (χ4n) is 1.51. The minimum atomic E-state index is -0.948. The maximum Gasteiger partial charge on any atom is 0.303 e. The fourth-order valence-corrected chi connectivity index (χ4v) is 1.51. The molecule has 0 aromatic carbocycles. The topological polar surface area (TPSA) is 131 Å². The zero-order valence-electron chi connectivity index (χ0n) is 11.2. The summed E-state index contributed by atoms with van der Waals surface area (Å²) in [5.41, 5.74) is 10.4. The van der Waals surface area contributed by atoms with Crippen molar-refractivity contribution in [3.05, 3.63) is 0 Å². The number of carboxylic acids is 1. The Labute approximate surface area is 113 Å². The highest BCUT2D eigenvalue weighted by Crippen LogP contribution is 2.02. The van der Waals surface area contributed by atoms with Gasteiger partial charge in [-0.25, -0.2) is 0 Å². The number of nitrogens with two attached hydrogens (primary N) is 2. The van der Waals surface area contributed by atoms with E-state index in [1.807, 2.05) is 0 Å². The van der Waals surface area contributed by atoms with Crippen molar-refractivity contribution in [3.63, 3.8) is 0 Å². The molecule has 7 heteroatoms. The van der Waals surface area contributed by atoms with Crippen molar-refractivity contribution >= 4 is 17.8 Å². The van der Waals surface area contributed by atoms with Gasteiger partial charge in [-0.1, -0.05) is 19.3 Å². The number of hydrogen-bond donors (Lipinski definition) is 4. The van der Waals surface area contributed by atoms with Gasteiger partial charge in [-0.2, -0.15) is 0 Å². The molecule has 19 heavy (non-hydrogen) atoms. The van der Waals surface area contributed by atoms with Gasteiger partial charge in [0.25, 0.3) is 0 Å². The molecule has 0 aromatic rings. The normalized spacial score (nSPS) is 9.89. The van der Waals surface area contributed by atoms with E-state index in [4.69, 9.17) is 16.6 Å². The van der Waals surface area contributed by atoms with Crippen LogP contribution < -0.4 is 16.8 Å². The largest absolute Gasteiger partial charge is 0.481 e. The first-order valence-corrected chi connectivity index (χ1v) is 6.56. The molecule has 0 unspecified atom stereocenters. The number of carboxylic acid groups (broad SMARTS) is 1. The summed E-state index contributed by atoms with van der Waals surface area (Å²) in [6.07, 6.45) is 4.96. The molecule has 110 valence electrons. The summed E-state index contributed by atoms with van der Waals surface area (Å²) in [6, 6.07) is 0. The van der Waals surface area contributed by atoms with Crippen molar-refractivity contribution in [1.29, 1.82) is 0 Å². The molecule has 1 amide bonds. The van der Waals surface area contributed by atoms with Crippen LogP contribution in [0.15, 0.2) is 4.99 Å². The van der Waals surface area contributed by atoms with Crippen LogP contribution in [0, 0.1) is 0 Å². The van der Waals surface area contributed by atoms with E-state index >= 15 is 0 Å². The number of carbonyl (C=O) groups is 2. The summed E-state index contributed by atoms with van der Waals surface area (Å²) in [5, 5.41) is 11.1. The van der Waals surface area contributed by atoms with Gasteiger partial charge in [-0.05, 0) is 12.8 Å². The molecule has 0 atom stereocenters. The lowest BCUT2D eigenvalue weighted by Gasteiger charge is -2.04. The van der Waals surface area contributed by atoms with Crippen LogP contribution in [0.5, 0.6) is 0 Å². The third kappa shape index (κ3) is 14.1. The van der Waals surface area contributed by atoms with Crippen molar-refractivity contribution in [1.82, 2.24) is 5.32 Å². The van der Waals surface area contributed by atoms with E-state index in [1.54, 1.807) is 0 Å². The zero-order valence-corrected chi connectivity index (χ0v) is 11.2. The Bertz CT molecular complexity index is 301. The number of aliphatic carboxylic acids is 1. The van der Waals surface area contributed by atoms with E-state index in [0.717, 1.165) is 32.1 Å². The van der Waals surface area contributed by atoms with Gasteiger partial charge in [0.2, 0.25) is 5.91 Å². The standard InChI is InChI=1S/C12H24N4O3/c13-12(14)16-9-5-3-1-2-4-8-15-10(17)6-7-11(18)19/h1-9H2,(H,15,17)(H,18,19)(H4,13,14,16). The lowest BCUT2D eigenvalue weighted by molar-refractivity contribution is -0.138. The summed E-state index contributed by atoms with van der Waals surface area (Å²) >= 11 is 0. The van der Waals surface area contributed by atoms with Crippen LogP contribution in [0.4, 0.5) is 0 Å². The first kappa shape index (κ1) is 17.2.